The van der Waals surface area contributed by atoms with E-state index in [0.29, 0.717) is 17.1 Å². The first-order valence-electron chi connectivity index (χ1n) is 14.0. The number of fused-ring (bicyclic) bond motifs is 2. The zero-order valence-corrected chi connectivity index (χ0v) is 24.0. The van der Waals surface area contributed by atoms with Crippen molar-refractivity contribution in [3.05, 3.63) is 128 Å². The number of Topliss-reactive ketones (excluding diaryl/α,β-unsaturated/α-hetero) is 1. The summed E-state index contributed by atoms with van der Waals surface area (Å²) >= 11 is 0. The van der Waals surface area contributed by atoms with Gasteiger partial charge in [0.05, 0.1) is 20.8 Å². The Kier molecular flexibility index (Phi) is 7.74. The van der Waals surface area contributed by atoms with Crippen molar-refractivity contribution in [1.29, 1.82) is 0 Å². The van der Waals surface area contributed by atoms with Gasteiger partial charge in [0.2, 0.25) is 0 Å². The Morgan fingerprint density at radius 3 is 2.00 bits per heavy atom. The van der Waals surface area contributed by atoms with Crippen LogP contribution in [0.25, 0.3) is 0 Å². The highest BCUT2D eigenvalue weighted by molar-refractivity contribution is 5.86. The molecule has 2 fully saturated rings. The molecule has 10 heteroatoms. The van der Waals surface area contributed by atoms with E-state index in [9.17, 15) is 14.4 Å². The molecule has 10 nitrogen and oxygen atoms in total. The van der Waals surface area contributed by atoms with Gasteiger partial charge in [-0.2, -0.15) is 0 Å². The topological polar surface area (TPSA) is 118 Å². The van der Waals surface area contributed by atoms with E-state index in [1.54, 1.807) is 21.1 Å². The number of rotatable bonds is 9. The summed E-state index contributed by atoms with van der Waals surface area (Å²) in [5.41, 5.74) is 0.567. The number of carbonyl (C=O) groups is 1. The van der Waals surface area contributed by atoms with E-state index >= 15 is 0 Å². The predicted octanol–water partition coefficient (Wildman–Crippen LogP) is 3.49. The van der Waals surface area contributed by atoms with Crippen LogP contribution in [0.1, 0.15) is 34.9 Å². The van der Waals surface area contributed by atoms with Gasteiger partial charge >= 0.3 is 5.69 Å². The quantitative estimate of drug-likeness (QED) is 0.297. The molecule has 4 aromatic rings. The maximum atomic E-state index is 13.1. The van der Waals surface area contributed by atoms with Crippen LogP contribution in [0.4, 0.5) is 0 Å². The summed E-state index contributed by atoms with van der Waals surface area (Å²) in [6.07, 6.45) is -1.78. The first-order chi connectivity index (χ1) is 20.8. The Bertz CT molecular complexity index is 1670. The first-order valence-corrected chi connectivity index (χ1v) is 14.0. The fourth-order valence-corrected chi connectivity index (χ4v) is 5.86. The minimum Gasteiger partial charge on any atom is -0.497 e. The highest BCUT2D eigenvalue weighted by Crippen LogP contribution is 2.43. The number of benzene rings is 3. The summed E-state index contributed by atoms with van der Waals surface area (Å²) in [5.74, 6) is 1.25. The molecule has 2 bridgehead atoms. The van der Waals surface area contributed by atoms with Gasteiger partial charge in [0.15, 0.2) is 12.0 Å². The third-order valence-corrected chi connectivity index (χ3v) is 8.07. The van der Waals surface area contributed by atoms with Crippen molar-refractivity contribution in [3.8, 4) is 11.5 Å². The van der Waals surface area contributed by atoms with E-state index in [4.69, 9.17) is 23.7 Å². The number of hydrogen-bond donors (Lipinski definition) is 1. The van der Waals surface area contributed by atoms with E-state index < -0.39 is 41.4 Å². The van der Waals surface area contributed by atoms with Crippen LogP contribution in [0, 0.1) is 6.92 Å². The van der Waals surface area contributed by atoms with Gasteiger partial charge in [0.25, 0.3) is 5.56 Å². The van der Waals surface area contributed by atoms with Gasteiger partial charge in [0, 0.05) is 18.2 Å². The number of carbonyl (C=O) groups excluding carboxylic acids is 1. The molecule has 0 radical (unpaired) electrons. The van der Waals surface area contributed by atoms with Gasteiger partial charge in [-0.25, -0.2) is 4.79 Å². The standard InChI is InChI=1S/C33H32N2O8/c1-20-18-35(32(38)34-30(20)37)31-27-17-26(36)29(42-27)28(43-31)19-41-33(21-7-5-4-6-8-21,22-9-13-24(39-2)14-10-22)23-11-15-25(40-3)16-12-23/h4-16,18,27-29,31H,17,19H2,1-3H3,(H,34,37,38)/t27-,28-,29+,31?/m0/s1. The normalized spacial score (nSPS) is 21.5. The summed E-state index contributed by atoms with van der Waals surface area (Å²) in [5, 5.41) is 0. The summed E-state index contributed by atoms with van der Waals surface area (Å²) in [4.78, 5) is 40.2. The average Bonchev–Trinajstić information content (AvgIpc) is 3.37. The molecule has 1 aromatic heterocycles. The van der Waals surface area contributed by atoms with Gasteiger partial charge in [0.1, 0.15) is 35.4 Å². The molecule has 1 unspecified atom stereocenters. The highest BCUT2D eigenvalue weighted by Gasteiger charge is 2.51. The molecule has 2 aliphatic heterocycles. The van der Waals surface area contributed by atoms with E-state index in [0.717, 1.165) is 16.7 Å². The lowest BCUT2D eigenvalue weighted by molar-refractivity contribution is -0.234. The van der Waals surface area contributed by atoms with Gasteiger partial charge < -0.3 is 23.7 Å². The third-order valence-electron chi connectivity index (χ3n) is 8.07. The lowest BCUT2D eigenvalue weighted by Gasteiger charge is -2.40. The van der Waals surface area contributed by atoms with Crippen molar-refractivity contribution in [2.45, 2.75) is 43.5 Å². The SMILES string of the molecule is COc1ccc(C(OC[C@@H]2OC(n3cc(C)c(=O)[nH]c3=O)[C@@H]3CC(=O)[C@H]2O3)(c2ccccc2)c2ccc(OC)cc2)cc1. The summed E-state index contributed by atoms with van der Waals surface area (Å²) < 4.78 is 31.6. The van der Waals surface area contributed by atoms with Crippen molar-refractivity contribution in [3.63, 3.8) is 0 Å². The Labute approximate surface area is 247 Å². The molecule has 2 aliphatic rings. The molecule has 43 heavy (non-hydrogen) atoms. The highest BCUT2D eigenvalue weighted by atomic mass is 16.6. The second-order valence-corrected chi connectivity index (χ2v) is 10.6. The molecule has 3 aromatic carbocycles. The summed E-state index contributed by atoms with van der Waals surface area (Å²) in [6.45, 7) is 1.54. The molecular formula is C33H32N2O8. The molecule has 0 amide bonds. The number of aromatic amines is 1. The zero-order valence-electron chi connectivity index (χ0n) is 24.0. The maximum Gasteiger partial charge on any atom is 0.330 e. The van der Waals surface area contributed by atoms with Crippen LogP contribution in [0.15, 0.2) is 94.6 Å². The molecule has 0 spiro atoms. The van der Waals surface area contributed by atoms with Crippen LogP contribution in [-0.4, -0.2) is 54.5 Å². The van der Waals surface area contributed by atoms with Crippen molar-refractivity contribution >= 4 is 5.78 Å². The number of aryl methyl sites for hydroxylation is 1. The van der Waals surface area contributed by atoms with Crippen LogP contribution in [0.5, 0.6) is 11.5 Å². The second-order valence-electron chi connectivity index (χ2n) is 10.6. The lowest BCUT2D eigenvalue weighted by Crippen LogP contribution is -2.49. The molecule has 2 saturated heterocycles. The van der Waals surface area contributed by atoms with Crippen LogP contribution >= 0.6 is 0 Å². The fraction of sp³-hybridized carbons (Fsp3) is 0.303. The van der Waals surface area contributed by atoms with Crippen LogP contribution in [0.2, 0.25) is 0 Å². The Hall–Kier alpha value is -4.51. The monoisotopic (exact) mass is 584 g/mol. The van der Waals surface area contributed by atoms with Gasteiger partial charge in [-0.3, -0.25) is 19.1 Å². The van der Waals surface area contributed by atoms with Crippen molar-refractivity contribution in [2.75, 3.05) is 20.8 Å². The molecule has 6 rings (SSSR count). The number of ether oxygens (including phenoxy) is 5. The molecule has 0 aliphatic carbocycles. The molecule has 0 saturated carbocycles. The second kappa shape index (κ2) is 11.6. The average molecular weight is 585 g/mol. The first kappa shape index (κ1) is 28.6. The number of nitrogens with one attached hydrogen (secondary N) is 1. The van der Waals surface area contributed by atoms with Crippen LogP contribution in [0.3, 0.4) is 0 Å². The number of aromatic nitrogens is 2. The van der Waals surface area contributed by atoms with E-state index in [1.165, 1.54) is 10.8 Å². The molecule has 4 atom stereocenters. The smallest absolute Gasteiger partial charge is 0.330 e. The molecular weight excluding hydrogens is 552 g/mol. The molecule has 1 N–H and O–H groups in total. The maximum absolute atomic E-state index is 13.1. The Morgan fingerprint density at radius 1 is 0.837 bits per heavy atom. The van der Waals surface area contributed by atoms with Crippen LogP contribution in [-0.2, 0) is 24.6 Å². The minimum atomic E-state index is -1.14. The van der Waals surface area contributed by atoms with Gasteiger partial charge in [-0.15, -0.1) is 0 Å². The van der Waals surface area contributed by atoms with Gasteiger partial charge in [-0.05, 0) is 47.9 Å². The van der Waals surface area contributed by atoms with Crippen LogP contribution < -0.4 is 20.7 Å². The minimum absolute atomic E-state index is 0.0519. The molecule has 222 valence electrons. The van der Waals surface area contributed by atoms with E-state index in [1.807, 2.05) is 78.9 Å². The number of ketones is 1. The predicted molar refractivity (Wildman–Crippen MR) is 157 cm³/mol. The van der Waals surface area contributed by atoms with Gasteiger partial charge in [-0.1, -0.05) is 54.6 Å². The van der Waals surface area contributed by atoms with Crippen molar-refractivity contribution in [1.82, 2.24) is 9.55 Å². The summed E-state index contributed by atoms with van der Waals surface area (Å²) in [7, 11) is 3.22. The van der Waals surface area contributed by atoms with E-state index in [2.05, 4.69) is 4.98 Å². The van der Waals surface area contributed by atoms with E-state index in [-0.39, 0.29) is 18.8 Å². The lowest BCUT2D eigenvalue weighted by atomic mass is 9.80. The number of H-pyrrole nitrogens is 1. The fourth-order valence-electron chi connectivity index (χ4n) is 5.86. The molecule has 3 heterocycles. The largest absolute Gasteiger partial charge is 0.497 e. The van der Waals surface area contributed by atoms with Crippen molar-refractivity contribution < 1.29 is 28.5 Å². The third kappa shape index (κ3) is 5.18. The Morgan fingerprint density at radius 2 is 1.42 bits per heavy atom. The number of methoxy groups -OCH3 is 2. The van der Waals surface area contributed by atoms with Crippen molar-refractivity contribution in [2.24, 2.45) is 0 Å². The Balaban J connectivity index is 1.43. The number of nitrogens with zero attached hydrogens (tertiary/aromatic N) is 1. The summed E-state index contributed by atoms with van der Waals surface area (Å²) in [6, 6.07) is 25.0. The zero-order chi connectivity index (χ0) is 30.1. The number of hydrogen-bond acceptors (Lipinski definition) is 8.